The van der Waals surface area contributed by atoms with Crippen molar-refractivity contribution in [3.8, 4) is 0 Å². The first-order valence-corrected chi connectivity index (χ1v) is 5.12. The minimum Gasteiger partial charge on any atom is -0.395 e. The second-order valence-electron chi connectivity index (χ2n) is 3.92. The largest absolute Gasteiger partial charge is 0.395 e. The molecule has 0 bridgehead atoms. The number of aromatic nitrogens is 1. The molecule has 0 radical (unpaired) electrons. The van der Waals surface area contributed by atoms with Gasteiger partial charge in [0.25, 0.3) is 0 Å². The number of aliphatic hydroxyl groups is 1. The summed E-state index contributed by atoms with van der Waals surface area (Å²) >= 11 is 0. The SMILES string of the molecule is CNC(c1ccn(CCO)c1)C(C)C. The maximum Gasteiger partial charge on any atom is 0.0610 e. The number of nitrogens with zero attached hydrogens (tertiary/aromatic N) is 1. The molecule has 1 aromatic heterocycles. The molecule has 14 heavy (non-hydrogen) atoms. The van der Waals surface area contributed by atoms with Crippen LogP contribution in [0.4, 0.5) is 0 Å². The number of aliphatic hydroxyl groups excluding tert-OH is 1. The van der Waals surface area contributed by atoms with Crippen LogP contribution in [0.3, 0.4) is 0 Å². The number of rotatable bonds is 5. The van der Waals surface area contributed by atoms with Crippen molar-refractivity contribution in [3.05, 3.63) is 24.0 Å². The van der Waals surface area contributed by atoms with Gasteiger partial charge >= 0.3 is 0 Å². The summed E-state index contributed by atoms with van der Waals surface area (Å²) in [6.45, 7) is 5.27. The third-order valence-electron chi connectivity index (χ3n) is 2.47. The van der Waals surface area contributed by atoms with Gasteiger partial charge in [-0.05, 0) is 24.6 Å². The summed E-state index contributed by atoms with van der Waals surface area (Å²) < 4.78 is 2.02. The molecule has 1 atom stereocenters. The van der Waals surface area contributed by atoms with Gasteiger partial charge < -0.3 is 15.0 Å². The van der Waals surface area contributed by atoms with Gasteiger partial charge in [-0.2, -0.15) is 0 Å². The van der Waals surface area contributed by atoms with Crippen LogP contribution >= 0.6 is 0 Å². The average molecular weight is 196 g/mol. The van der Waals surface area contributed by atoms with Crippen LogP contribution in [0.2, 0.25) is 0 Å². The van der Waals surface area contributed by atoms with Crippen LogP contribution < -0.4 is 5.32 Å². The Morgan fingerprint density at radius 1 is 1.50 bits per heavy atom. The summed E-state index contributed by atoms with van der Waals surface area (Å²) in [6, 6.07) is 2.51. The zero-order valence-corrected chi connectivity index (χ0v) is 9.20. The van der Waals surface area contributed by atoms with Crippen molar-refractivity contribution in [2.24, 2.45) is 5.92 Å². The molecule has 2 N–H and O–H groups in total. The number of nitrogens with one attached hydrogen (secondary N) is 1. The van der Waals surface area contributed by atoms with Crippen molar-refractivity contribution in [3.63, 3.8) is 0 Å². The van der Waals surface area contributed by atoms with Crippen molar-refractivity contribution in [1.82, 2.24) is 9.88 Å². The molecule has 3 heteroatoms. The van der Waals surface area contributed by atoms with Gasteiger partial charge in [0.15, 0.2) is 0 Å². The van der Waals surface area contributed by atoms with Gasteiger partial charge in [0.05, 0.1) is 6.61 Å². The predicted molar refractivity (Wildman–Crippen MR) is 58.2 cm³/mol. The zero-order chi connectivity index (χ0) is 10.6. The Hall–Kier alpha value is -0.800. The molecule has 0 spiro atoms. The summed E-state index contributed by atoms with van der Waals surface area (Å²) in [5.74, 6) is 0.574. The van der Waals surface area contributed by atoms with Crippen LogP contribution in [0.25, 0.3) is 0 Å². The first-order chi connectivity index (χ1) is 6.69. The quantitative estimate of drug-likeness (QED) is 0.747. The minimum absolute atomic E-state index is 0.194. The lowest BCUT2D eigenvalue weighted by Gasteiger charge is -2.18. The number of hydrogen-bond acceptors (Lipinski definition) is 2. The predicted octanol–water partition coefficient (Wildman–Crippen LogP) is 1.40. The fraction of sp³-hybridized carbons (Fsp3) is 0.636. The van der Waals surface area contributed by atoms with E-state index in [1.807, 2.05) is 17.8 Å². The Morgan fingerprint density at radius 3 is 2.71 bits per heavy atom. The molecule has 0 fully saturated rings. The second-order valence-corrected chi connectivity index (χ2v) is 3.92. The van der Waals surface area contributed by atoms with E-state index in [1.54, 1.807) is 0 Å². The lowest BCUT2D eigenvalue weighted by Crippen LogP contribution is -2.21. The van der Waals surface area contributed by atoms with Crippen molar-refractivity contribution in [2.75, 3.05) is 13.7 Å². The van der Waals surface area contributed by atoms with Gasteiger partial charge in [-0.3, -0.25) is 0 Å². The van der Waals surface area contributed by atoms with Crippen LogP contribution in [0, 0.1) is 5.92 Å². The summed E-state index contributed by atoms with van der Waals surface area (Å²) in [5, 5.41) is 12.1. The maximum absolute atomic E-state index is 8.80. The van der Waals surface area contributed by atoms with E-state index in [9.17, 15) is 0 Å². The Balaban J connectivity index is 2.73. The third kappa shape index (κ3) is 2.59. The first-order valence-electron chi connectivity index (χ1n) is 5.12. The smallest absolute Gasteiger partial charge is 0.0610 e. The molecule has 0 aliphatic heterocycles. The molecule has 0 saturated carbocycles. The Morgan fingerprint density at radius 2 is 2.21 bits per heavy atom. The molecule has 1 heterocycles. The van der Waals surface area contributed by atoms with Gasteiger partial charge in [0.2, 0.25) is 0 Å². The molecule has 1 aromatic rings. The molecule has 1 unspecified atom stereocenters. The molecular weight excluding hydrogens is 176 g/mol. The van der Waals surface area contributed by atoms with Crippen LogP contribution in [-0.4, -0.2) is 23.3 Å². The molecule has 0 aliphatic rings. The summed E-state index contributed by atoms with van der Waals surface area (Å²) in [4.78, 5) is 0. The highest BCUT2D eigenvalue weighted by molar-refractivity contribution is 5.16. The van der Waals surface area contributed by atoms with Crippen LogP contribution in [-0.2, 0) is 6.54 Å². The summed E-state index contributed by atoms with van der Waals surface area (Å²) in [7, 11) is 1.98. The van der Waals surface area contributed by atoms with E-state index in [4.69, 9.17) is 5.11 Å². The zero-order valence-electron chi connectivity index (χ0n) is 9.20. The number of hydrogen-bond donors (Lipinski definition) is 2. The van der Waals surface area contributed by atoms with Crippen molar-refractivity contribution in [2.45, 2.75) is 26.4 Å². The topological polar surface area (TPSA) is 37.2 Å². The highest BCUT2D eigenvalue weighted by atomic mass is 16.3. The minimum atomic E-state index is 0.194. The van der Waals surface area contributed by atoms with Crippen molar-refractivity contribution >= 4 is 0 Å². The van der Waals surface area contributed by atoms with E-state index in [1.165, 1.54) is 5.56 Å². The fourth-order valence-electron chi connectivity index (χ4n) is 1.78. The van der Waals surface area contributed by atoms with Gasteiger partial charge in [-0.15, -0.1) is 0 Å². The summed E-state index contributed by atoms with van der Waals surface area (Å²) in [6.07, 6.45) is 4.11. The molecule has 0 saturated heterocycles. The van der Waals surface area contributed by atoms with Crippen molar-refractivity contribution in [1.29, 1.82) is 0 Å². The Bertz CT molecular complexity index is 268. The standard InChI is InChI=1S/C11H20N2O/c1-9(2)11(12-3)10-4-5-13(8-10)6-7-14/h4-5,8-9,11-12,14H,6-7H2,1-3H3. The lowest BCUT2D eigenvalue weighted by atomic mass is 9.99. The third-order valence-corrected chi connectivity index (χ3v) is 2.47. The highest BCUT2D eigenvalue weighted by Crippen LogP contribution is 2.21. The van der Waals surface area contributed by atoms with Gasteiger partial charge in [0.1, 0.15) is 0 Å². The van der Waals surface area contributed by atoms with E-state index in [0.29, 0.717) is 18.5 Å². The van der Waals surface area contributed by atoms with Crippen LogP contribution in [0.1, 0.15) is 25.5 Å². The Labute approximate surface area is 85.7 Å². The normalized spacial score (nSPS) is 13.5. The van der Waals surface area contributed by atoms with Crippen molar-refractivity contribution < 1.29 is 5.11 Å². The molecule has 0 aliphatic carbocycles. The van der Waals surface area contributed by atoms with Crippen LogP contribution in [0.5, 0.6) is 0 Å². The molecule has 0 aromatic carbocycles. The highest BCUT2D eigenvalue weighted by Gasteiger charge is 2.13. The second kappa shape index (κ2) is 5.17. The van der Waals surface area contributed by atoms with E-state index in [-0.39, 0.29) is 6.61 Å². The van der Waals surface area contributed by atoms with Crippen LogP contribution in [0.15, 0.2) is 18.5 Å². The molecule has 0 amide bonds. The Kier molecular flexibility index (Phi) is 4.17. The summed E-state index contributed by atoms with van der Waals surface area (Å²) in [5.41, 5.74) is 1.29. The fourth-order valence-corrected chi connectivity index (χ4v) is 1.78. The maximum atomic E-state index is 8.80. The van der Waals surface area contributed by atoms with E-state index < -0.39 is 0 Å². The van der Waals surface area contributed by atoms with Gasteiger partial charge in [-0.1, -0.05) is 13.8 Å². The first kappa shape index (κ1) is 11.3. The monoisotopic (exact) mass is 196 g/mol. The van der Waals surface area contributed by atoms with E-state index in [2.05, 4.69) is 31.4 Å². The molecule has 3 nitrogen and oxygen atoms in total. The van der Waals surface area contributed by atoms with E-state index >= 15 is 0 Å². The molecular formula is C11H20N2O. The average Bonchev–Trinajstić information content (AvgIpc) is 2.54. The van der Waals surface area contributed by atoms with E-state index in [0.717, 1.165) is 0 Å². The lowest BCUT2D eigenvalue weighted by molar-refractivity contribution is 0.276. The molecule has 1 rings (SSSR count). The van der Waals surface area contributed by atoms with Gasteiger partial charge in [-0.25, -0.2) is 0 Å². The van der Waals surface area contributed by atoms with Gasteiger partial charge in [0, 0.05) is 25.0 Å². The molecule has 80 valence electrons.